The van der Waals surface area contributed by atoms with E-state index in [4.69, 9.17) is 4.74 Å². The van der Waals surface area contributed by atoms with Crippen molar-refractivity contribution in [1.29, 1.82) is 0 Å². The van der Waals surface area contributed by atoms with E-state index in [1.54, 1.807) is 7.11 Å². The molecule has 3 atom stereocenters. The molecule has 0 unspecified atom stereocenters. The van der Waals surface area contributed by atoms with Gasteiger partial charge in [0.1, 0.15) is 11.5 Å². The van der Waals surface area contributed by atoms with E-state index < -0.39 is 0 Å². The maximum absolute atomic E-state index is 13.0. The van der Waals surface area contributed by atoms with Crippen LogP contribution in [-0.2, 0) is 11.8 Å². The minimum Gasteiger partial charge on any atom is -0.508 e. The van der Waals surface area contributed by atoms with Crippen molar-refractivity contribution in [3.8, 4) is 11.5 Å². The van der Waals surface area contributed by atoms with Gasteiger partial charge in [0.25, 0.3) is 0 Å². The monoisotopic (exact) mass is 427 g/mol. The van der Waals surface area contributed by atoms with Crippen LogP contribution in [0.2, 0.25) is 0 Å². The number of aromatic hydroxyl groups is 1. The predicted octanol–water partition coefficient (Wildman–Crippen LogP) is 4.76. The summed E-state index contributed by atoms with van der Waals surface area (Å²) in [4.78, 5) is 15.4. The molecule has 5 heteroatoms. The third kappa shape index (κ3) is 3.40. The quantitative estimate of drug-likeness (QED) is 0.714. The minimum absolute atomic E-state index is 0. The highest BCUT2D eigenvalue weighted by Crippen LogP contribution is 2.56. The fourth-order valence-electron chi connectivity index (χ4n) is 6.32. The molecule has 160 valence electrons. The summed E-state index contributed by atoms with van der Waals surface area (Å²) >= 11 is 0. The number of carbonyl (C=O) groups is 1. The van der Waals surface area contributed by atoms with Gasteiger partial charge in [0, 0.05) is 17.0 Å². The minimum atomic E-state index is 0. The lowest BCUT2D eigenvalue weighted by atomic mass is 9.52. The number of Topliss-reactive ketones (excluding diaryl/α,β-unsaturated/α-hetero) is 1. The Bertz CT molecular complexity index is 928. The summed E-state index contributed by atoms with van der Waals surface area (Å²) in [5.41, 5.74) is 3.70. The lowest BCUT2D eigenvalue weighted by molar-refractivity contribution is -0.00848. The van der Waals surface area contributed by atoms with E-state index >= 15 is 0 Å². The van der Waals surface area contributed by atoms with Crippen LogP contribution < -0.4 is 4.74 Å². The van der Waals surface area contributed by atoms with Gasteiger partial charge in [-0.3, -0.25) is 9.69 Å². The highest BCUT2D eigenvalue weighted by molar-refractivity contribution is 5.97. The van der Waals surface area contributed by atoms with Crippen LogP contribution in [0.15, 0.2) is 42.5 Å². The summed E-state index contributed by atoms with van der Waals surface area (Å²) in [6.07, 6.45) is 7.05. The Balaban J connectivity index is 0.00000218. The number of nitrogens with zero attached hydrogens (tertiary/aromatic N) is 1. The second-order valence-corrected chi connectivity index (χ2v) is 8.99. The van der Waals surface area contributed by atoms with Crippen molar-refractivity contribution in [2.45, 2.75) is 50.0 Å². The molecule has 0 amide bonds. The van der Waals surface area contributed by atoms with E-state index in [9.17, 15) is 9.90 Å². The molecule has 2 bridgehead atoms. The number of likely N-dealkylation sites (tertiary alicyclic amines) is 1. The number of fused-ring (bicyclic) bond motifs is 1. The number of phenols is 1. The zero-order valence-electron chi connectivity index (χ0n) is 17.5. The van der Waals surface area contributed by atoms with Gasteiger partial charge in [0.05, 0.1) is 13.7 Å². The maximum Gasteiger partial charge on any atom is 0.176 e. The number of methoxy groups -OCH3 is 1. The number of piperidine rings is 1. The fourth-order valence-corrected chi connectivity index (χ4v) is 6.32. The molecule has 0 spiro atoms. The summed E-state index contributed by atoms with van der Waals surface area (Å²) in [5.74, 6) is 1.94. The number of benzene rings is 2. The van der Waals surface area contributed by atoms with E-state index in [0.29, 0.717) is 24.3 Å². The van der Waals surface area contributed by atoms with E-state index in [0.717, 1.165) is 30.7 Å². The second-order valence-electron chi connectivity index (χ2n) is 8.99. The highest BCUT2D eigenvalue weighted by Gasteiger charge is 2.53. The summed E-state index contributed by atoms with van der Waals surface area (Å²) < 4.78 is 5.21. The number of hydrogen-bond acceptors (Lipinski definition) is 4. The first-order valence-electron chi connectivity index (χ1n) is 10.8. The largest absolute Gasteiger partial charge is 0.508 e. The van der Waals surface area contributed by atoms with Gasteiger partial charge in [0.15, 0.2) is 5.78 Å². The molecule has 3 aliphatic rings. The third-order valence-corrected chi connectivity index (χ3v) is 7.69. The van der Waals surface area contributed by atoms with Crippen LogP contribution in [0.1, 0.15) is 53.6 Å². The number of ether oxygens (including phenoxy) is 1. The Hall–Kier alpha value is -2.04. The zero-order chi connectivity index (χ0) is 20.0. The summed E-state index contributed by atoms with van der Waals surface area (Å²) in [6.45, 7) is 1.44. The molecule has 4 nitrogen and oxygen atoms in total. The molecule has 1 heterocycles. The maximum atomic E-state index is 13.0. The lowest BCUT2D eigenvalue weighted by Crippen LogP contribution is -2.61. The third-order valence-electron chi connectivity index (χ3n) is 7.69. The van der Waals surface area contributed by atoms with Crippen molar-refractivity contribution in [2.24, 2.45) is 5.92 Å². The van der Waals surface area contributed by atoms with Crippen molar-refractivity contribution >= 4 is 18.2 Å². The molecule has 5 rings (SSSR count). The topological polar surface area (TPSA) is 49.8 Å². The molecule has 30 heavy (non-hydrogen) atoms. The average molecular weight is 428 g/mol. The Kier molecular flexibility index (Phi) is 5.82. The molecule has 0 radical (unpaired) electrons. The van der Waals surface area contributed by atoms with Crippen molar-refractivity contribution in [3.63, 3.8) is 0 Å². The Morgan fingerprint density at radius 3 is 2.73 bits per heavy atom. The SMILES string of the molecule is COc1ccc(C(=O)CN2CC[C@]34CCCC[C@H]3[C@@H]2Cc2ccc(O)cc24)cc1.Cl. The molecular weight excluding hydrogens is 398 g/mol. The predicted molar refractivity (Wildman–Crippen MR) is 120 cm³/mol. The number of halogens is 1. The van der Waals surface area contributed by atoms with Gasteiger partial charge in [-0.25, -0.2) is 0 Å². The number of carbonyl (C=O) groups excluding carboxylic acids is 1. The van der Waals surface area contributed by atoms with Crippen LogP contribution in [-0.4, -0.2) is 42.0 Å². The van der Waals surface area contributed by atoms with Gasteiger partial charge in [-0.15, -0.1) is 12.4 Å². The standard InChI is InChI=1S/C25H29NO3.ClH/c1-29-20-9-6-17(7-10-20)24(28)16-26-13-12-25-11-3-2-4-21(25)23(26)14-18-5-8-19(27)15-22(18)25;/h5-10,15,21,23,27H,2-4,11-14,16H2,1H3;1H/t21-,23-,25+;/m0./s1. The van der Waals surface area contributed by atoms with Crippen molar-refractivity contribution in [3.05, 3.63) is 59.2 Å². The summed E-state index contributed by atoms with van der Waals surface area (Å²) in [7, 11) is 1.64. The van der Waals surface area contributed by atoms with E-state index in [1.165, 1.54) is 36.8 Å². The number of phenolic OH excluding ortho intramolecular Hbond substituents is 1. The van der Waals surface area contributed by atoms with Gasteiger partial charge in [-0.2, -0.15) is 0 Å². The normalized spacial score (nSPS) is 27.4. The van der Waals surface area contributed by atoms with Crippen molar-refractivity contribution in [2.75, 3.05) is 20.2 Å². The van der Waals surface area contributed by atoms with Crippen LogP contribution in [0.4, 0.5) is 0 Å². The first kappa shape index (κ1) is 21.2. The Morgan fingerprint density at radius 1 is 1.17 bits per heavy atom. The van der Waals surface area contributed by atoms with Crippen LogP contribution in [0.3, 0.4) is 0 Å². The summed E-state index contributed by atoms with van der Waals surface area (Å²) in [6, 6.07) is 13.8. The molecule has 2 aromatic rings. The second kappa shape index (κ2) is 8.24. The van der Waals surface area contributed by atoms with E-state index in [2.05, 4.69) is 11.0 Å². The van der Waals surface area contributed by atoms with Crippen molar-refractivity contribution in [1.82, 2.24) is 4.90 Å². The van der Waals surface area contributed by atoms with Gasteiger partial charge in [0.2, 0.25) is 0 Å². The van der Waals surface area contributed by atoms with E-state index in [-0.39, 0.29) is 23.6 Å². The molecular formula is C25H30ClNO3. The molecule has 1 saturated carbocycles. The van der Waals surface area contributed by atoms with Gasteiger partial charge < -0.3 is 9.84 Å². The van der Waals surface area contributed by atoms with Crippen LogP contribution in [0.5, 0.6) is 11.5 Å². The van der Waals surface area contributed by atoms with Gasteiger partial charge in [-0.1, -0.05) is 18.9 Å². The molecule has 1 aliphatic heterocycles. The first-order valence-corrected chi connectivity index (χ1v) is 10.8. The number of hydrogen-bond donors (Lipinski definition) is 1. The van der Waals surface area contributed by atoms with Crippen LogP contribution in [0.25, 0.3) is 0 Å². The molecule has 1 N–H and O–H groups in total. The smallest absolute Gasteiger partial charge is 0.176 e. The highest BCUT2D eigenvalue weighted by atomic mass is 35.5. The Labute approximate surface area is 184 Å². The molecule has 0 aromatic heterocycles. The lowest BCUT2D eigenvalue weighted by Gasteiger charge is -2.59. The Morgan fingerprint density at radius 2 is 1.97 bits per heavy atom. The zero-order valence-corrected chi connectivity index (χ0v) is 18.3. The molecule has 2 aliphatic carbocycles. The molecule has 2 aromatic carbocycles. The van der Waals surface area contributed by atoms with E-state index in [1.807, 2.05) is 36.4 Å². The van der Waals surface area contributed by atoms with Crippen molar-refractivity contribution < 1.29 is 14.6 Å². The van der Waals surface area contributed by atoms with Crippen LogP contribution >= 0.6 is 12.4 Å². The number of ketones is 1. The summed E-state index contributed by atoms with van der Waals surface area (Å²) in [5, 5.41) is 10.1. The van der Waals surface area contributed by atoms with Crippen LogP contribution in [0, 0.1) is 5.92 Å². The van der Waals surface area contributed by atoms with Gasteiger partial charge >= 0.3 is 0 Å². The molecule has 2 fully saturated rings. The number of rotatable bonds is 4. The van der Waals surface area contributed by atoms with Gasteiger partial charge in [-0.05, 0) is 85.7 Å². The average Bonchev–Trinajstić information content (AvgIpc) is 2.76. The fraction of sp³-hybridized carbons (Fsp3) is 0.480. The first-order chi connectivity index (χ1) is 14.1. The molecule has 1 saturated heterocycles.